The molecule has 0 heteroatoms. The van der Waals surface area contributed by atoms with Crippen molar-refractivity contribution in [3.8, 4) is 0 Å². The summed E-state index contributed by atoms with van der Waals surface area (Å²) < 4.78 is 0. The summed E-state index contributed by atoms with van der Waals surface area (Å²) >= 11 is 0. The van der Waals surface area contributed by atoms with E-state index in [2.05, 4.69) is 374 Å². The fourth-order valence-electron chi connectivity index (χ4n) is 6.80. The maximum atomic E-state index is 2.19. The molecule has 498 valence electrons. The molecule has 0 saturated heterocycles. The minimum atomic E-state index is 0.500. The number of fused-ring (bicyclic) bond motifs is 6. The Hall–Kier alpha value is -7.80. The van der Waals surface area contributed by atoms with Gasteiger partial charge in [-0.05, 0) is 70.0 Å². The van der Waals surface area contributed by atoms with Gasteiger partial charge in [-0.3, -0.25) is 0 Å². The molecule has 0 N–H and O–H groups in total. The lowest BCUT2D eigenvalue weighted by Gasteiger charge is -2.05. The van der Waals surface area contributed by atoms with Crippen molar-refractivity contribution in [2.75, 3.05) is 0 Å². The molecule has 0 nitrogen and oxygen atoms in total. The zero-order valence-corrected chi connectivity index (χ0v) is 63.0. The van der Waals surface area contributed by atoms with Crippen LogP contribution in [0, 0.1) is 5.41 Å². The van der Waals surface area contributed by atoms with Crippen molar-refractivity contribution in [1.82, 2.24) is 0 Å². The van der Waals surface area contributed by atoms with Crippen LogP contribution in [-0.4, -0.2) is 0 Å². The van der Waals surface area contributed by atoms with E-state index in [0.29, 0.717) is 5.41 Å². The summed E-state index contributed by atoms with van der Waals surface area (Å²) in [5.41, 5.74) is 0.500. The maximum Gasteiger partial charge on any atom is -0.0184 e. The average molecular weight is 1230 g/mol. The smallest absolute Gasteiger partial charge is 0.0184 e. The van der Waals surface area contributed by atoms with Gasteiger partial charge in [0.1, 0.15) is 0 Å². The van der Waals surface area contributed by atoms with E-state index in [1.54, 1.807) is 0 Å². The summed E-state index contributed by atoms with van der Waals surface area (Å²) in [5, 5.41) is 15.7. The highest BCUT2D eigenvalue weighted by Crippen LogP contribution is 2.16. The molecule has 0 aromatic heterocycles. The molecule has 0 atom stereocenters. The Kier molecular flexibility index (Phi) is 75.6. The van der Waals surface area contributed by atoms with E-state index < -0.39 is 0 Å². The first kappa shape index (κ1) is 94.3. The van der Waals surface area contributed by atoms with Gasteiger partial charge < -0.3 is 0 Å². The Morgan fingerprint density at radius 3 is 0.209 bits per heavy atom. The number of rotatable bonds is 0. The highest BCUT2D eigenvalue weighted by atomic mass is 14.0. The van der Waals surface area contributed by atoms with Gasteiger partial charge in [0.15, 0.2) is 0 Å². The van der Waals surface area contributed by atoms with Crippen molar-refractivity contribution >= 4 is 64.6 Å². The van der Waals surface area contributed by atoms with Crippen LogP contribution in [0.1, 0.15) is 206 Å². The molecule has 0 aliphatic carbocycles. The molecule has 12 aromatic rings. The predicted octanol–water partition coefficient (Wildman–Crippen LogP) is 31.9. The van der Waals surface area contributed by atoms with E-state index in [4.69, 9.17) is 0 Å². The molecule has 0 radical (unpaired) electrons. The number of hydrogen-bond donors (Lipinski definition) is 0. The molecule has 0 saturated carbocycles. The van der Waals surface area contributed by atoms with Gasteiger partial charge >= 0.3 is 0 Å². The van der Waals surface area contributed by atoms with Crippen LogP contribution in [0.5, 0.6) is 0 Å². The van der Waals surface area contributed by atoms with E-state index >= 15 is 0 Å². The van der Waals surface area contributed by atoms with Crippen LogP contribution in [0.25, 0.3) is 64.6 Å². The third kappa shape index (κ3) is 52.7. The molecule has 0 unspecified atom stereocenters. The zero-order valence-electron chi connectivity index (χ0n) is 63.0. The Morgan fingerprint density at radius 2 is 0.176 bits per heavy atom. The summed E-state index contributed by atoms with van der Waals surface area (Å²) in [6.07, 6.45) is 5.00. The number of hydrogen-bond acceptors (Lipinski definition) is 0. The van der Waals surface area contributed by atoms with Crippen LogP contribution in [0.3, 0.4) is 0 Å². The standard InChI is InChI=1S/6C10H8.C5H12.4C3H8.7C2H6/c6*1-2-6-10-8-4-3-7-9(10)5-1;1-5(2,3)4;4*1-3-2;7*1-2/h6*1-8H;1-4H3;4*3H2,1-2H3;7*1-2H3. The van der Waals surface area contributed by atoms with Gasteiger partial charge in [-0.2, -0.15) is 0 Å². The molecule has 0 aliphatic heterocycles. The van der Waals surface area contributed by atoms with Crippen LogP contribution in [0.2, 0.25) is 0 Å². The minimum Gasteiger partial charge on any atom is -0.0683 e. The molecule has 12 aromatic carbocycles. The molecule has 0 fully saturated rings. The van der Waals surface area contributed by atoms with Gasteiger partial charge in [-0.15, -0.1) is 0 Å². The van der Waals surface area contributed by atoms with Gasteiger partial charge in [0, 0.05) is 0 Å². The Morgan fingerprint density at radius 1 is 0.143 bits per heavy atom. The highest BCUT2D eigenvalue weighted by Gasteiger charge is 1.96. The van der Waals surface area contributed by atoms with Crippen molar-refractivity contribution in [3.05, 3.63) is 291 Å². The van der Waals surface area contributed by atoms with Gasteiger partial charge in [0.05, 0.1) is 0 Å². The SMILES string of the molecule is CC.CC.CC.CC.CC.CC.CC.CC(C)(C)C.CCC.CCC.CCC.CCC.c1ccc2ccccc2c1.c1ccc2ccccc2c1.c1ccc2ccccc2c1.c1ccc2ccccc2c1.c1ccc2ccccc2c1.c1ccc2ccccc2c1. The van der Waals surface area contributed by atoms with Crippen LogP contribution in [0.4, 0.5) is 0 Å². The Balaban J connectivity index is -0.000000219. The second-order valence-electron chi connectivity index (χ2n) is 19.9. The van der Waals surface area contributed by atoms with E-state index in [0.717, 1.165) is 0 Å². The van der Waals surface area contributed by atoms with Crippen molar-refractivity contribution in [1.29, 1.82) is 0 Å². The lowest BCUT2D eigenvalue weighted by atomic mass is 10.0. The molecular weight excluding hydrogens is 1090 g/mol. The fourth-order valence-corrected chi connectivity index (χ4v) is 6.80. The second-order valence-corrected chi connectivity index (χ2v) is 19.9. The maximum absolute atomic E-state index is 2.19. The second kappa shape index (κ2) is 72.9. The number of benzene rings is 12. The van der Waals surface area contributed by atoms with Crippen LogP contribution in [-0.2, 0) is 0 Å². The first-order chi connectivity index (χ1) is 44.5. The van der Waals surface area contributed by atoms with E-state index in [1.807, 2.05) is 96.9 Å². The zero-order chi connectivity index (χ0) is 70.2. The summed E-state index contributed by atoms with van der Waals surface area (Å²) in [6, 6.07) is 100. The van der Waals surface area contributed by atoms with Gasteiger partial charge in [0.2, 0.25) is 0 Å². The summed E-state index contributed by atoms with van der Waals surface area (Å²) in [4.78, 5) is 0. The Labute approximate surface area is 563 Å². The summed E-state index contributed by atoms with van der Waals surface area (Å²) in [5.74, 6) is 0. The van der Waals surface area contributed by atoms with Gasteiger partial charge in [-0.25, -0.2) is 0 Å². The van der Waals surface area contributed by atoms with Crippen molar-refractivity contribution in [3.63, 3.8) is 0 Å². The first-order valence-electron chi connectivity index (χ1n) is 35.1. The lowest BCUT2D eigenvalue weighted by Crippen LogP contribution is -1.93. The van der Waals surface area contributed by atoms with Crippen LogP contribution in [0.15, 0.2) is 291 Å². The normalized spacial score (nSPS) is 8.51. The average Bonchev–Trinajstić information content (AvgIpc) is 3.68. The molecule has 0 amide bonds. The van der Waals surface area contributed by atoms with E-state index in [9.17, 15) is 0 Å². The van der Waals surface area contributed by atoms with Crippen LogP contribution < -0.4 is 0 Å². The quantitative estimate of drug-likeness (QED) is 0.142. The molecule has 0 heterocycles. The van der Waals surface area contributed by atoms with Crippen molar-refractivity contribution in [2.45, 2.75) is 206 Å². The molecule has 0 spiro atoms. The fraction of sp³-hybridized carbons (Fsp3) is 0.341. The monoisotopic (exact) mass is 1230 g/mol. The predicted molar refractivity (Wildman–Crippen MR) is 432 cm³/mol. The molecule has 12 rings (SSSR count). The van der Waals surface area contributed by atoms with Gasteiger partial charge in [0.25, 0.3) is 0 Å². The lowest BCUT2D eigenvalue weighted by molar-refractivity contribution is 0.469. The molecular formula is C91H134. The van der Waals surface area contributed by atoms with Crippen molar-refractivity contribution < 1.29 is 0 Å². The van der Waals surface area contributed by atoms with Crippen molar-refractivity contribution in [2.24, 2.45) is 5.41 Å². The largest absolute Gasteiger partial charge is 0.0683 e. The van der Waals surface area contributed by atoms with Crippen LogP contribution >= 0.6 is 0 Å². The molecule has 0 aliphatic rings. The summed E-state index contributed by atoms with van der Waals surface area (Å²) in [7, 11) is 0. The highest BCUT2D eigenvalue weighted by molar-refractivity contribution is 5.85. The first-order valence-corrected chi connectivity index (χ1v) is 35.1. The third-order valence-electron chi connectivity index (χ3n) is 9.95. The summed E-state index contributed by atoms with van der Waals surface area (Å²) in [6.45, 7) is 53.8. The molecule has 91 heavy (non-hydrogen) atoms. The van der Waals surface area contributed by atoms with E-state index in [-0.39, 0.29) is 0 Å². The minimum absolute atomic E-state index is 0.500. The Bertz CT molecular complexity index is 2340. The van der Waals surface area contributed by atoms with E-state index in [1.165, 1.54) is 90.3 Å². The van der Waals surface area contributed by atoms with Gasteiger partial charge in [-0.1, -0.05) is 497 Å². The molecule has 0 bridgehead atoms. The topological polar surface area (TPSA) is 0 Å². The third-order valence-corrected chi connectivity index (χ3v) is 9.95.